The summed E-state index contributed by atoms with van der Waals surface area (Å²) in [4.78, 5) is 0. The minimum absolute atomic E-state index is 0.559. The summed E-state index contributed by atoms with van der Waals surface area (Å²) in [5, 5.41) is 0. The van der Waals surface area contributed by atoms with Gasteiger partial charge in [0.05, 0.1) is 0 Å². The zero-order valence-electron chi connectivity index (χ0n) is 6.45. The Kier molecular flexibility index (Phi) is 4.50. The summed E-state index contributed by atoms with van der Waals surface area (Å²) in [7, 11) is -10.5. The van der Waals surface area contributed by atoms with E-state index in [1.54, 1.807) is 0 Å². The van der Waals surface area contributed by atoms with Gasteiger partial charge in [0.2, 0.25) is 0 Å². The van der Waals surface area contributed by atoms with E-state index in [9.17, 15) is 21.4 Å². The molecule has 0 radical (unpaired) electrons. The van der Waals surface area contributed by atoms with Gasteiger partial charge in [0, 0.05) is 0 Å². The zero-order valence-corrected chi connectivity index (χ0v) is 8.16. The second kappa shape index (κ2) is 4.67. The van der Waals surface area contributed by atoms with Gasteiger partial charge in [-0.15, -0.1) is 14.3 Å². The summed E-state index contributed by atoms with van der Waals surface area (Å²) in [5.74, 6) is 4.44. The molecule has 0 aromatic rings. The molecule has 0 bridgehead atoms. The van der Waals surface area contributed by atoms with Crippen molar-refractivity contribution in [2.45, 2.75) is 6.92 Å². The maximum absolute atomic E-state index is 11.7. The number of halogens is 2. The fourth-order valence-electron chi connectivity index (χ4n) is 0.336. The van der Waals surface area contributed by atoms with Gasteiger partial charge in [-0.2, -0.15) is 8.42 Å². The molecule has 0 atom stereocenters. The number of nitrogens with one attached hydrogen (secondary N) is 1. The second-order valence-electron chi connectivity index (χ2n) is 1.70. The molecule has 0 saturated heterocycles. The molecule has 0 aliphatic carbocycles. The van der Waals surface area contributed by atoms with Crippen LogP contribution in [0.15, 0.2) is 0 Å². The fourth-order valence-corrected chi connectivity index (χ4v) is 1.80. The monoisotopic (exact) mass is 233 g/mol. The van der Waals surface area contributed by atoms with Crippen LogP contribution < -0.4 is 4.49 Å². The summed E-state index contributed by atoms with van der Waals surface area (Å²) in [6.45, 7) is 0.852. The average molecular weight is 233 g/mol. The highest BCUT2D eigenvalue weighted by molar-refractivity contribution is 7.90. The van der Waals surface area contributed by atoms with Crippen molar-refractivity contribution in [3.05, 3.63) is 0 Å². The molecule has 0 heterocycles. The molecule has 1 N–H and O–H groups in total. The first kappa shape index (κ1) is 12.5. The van der Waals surface area contributed by atoms with Crippen molar-refractivity contribution >= 4 is 18.2 Å². The Bertz CT molecular complexity index is 363. The summed E-state index contributed by atoms with van der Waals surface area (Å²) >= 11 is 0. The maximum Gasteiger partial charge on any atom is 0.495 e. The van der Waals surface area contributed by atoms with Gasteiger partial charge in [-0.3, -0.25) is 0 Å². The Hall–Kier alpha value is -0.480. The van der Waals surface area contributed by atoms with Crippen molar-refractivity contribution < 1.29 is 25.6 Å². The third-order valence-electron chi connectivity index (χ3n) is 0.681. The van der Waals surface area contributed by atoms with E-state index in [0.29, 0.717) is 4.49 Å². The maximum atomic E-state index is 11.7. The highest BCUT2D eigenvalue weighted by Gasteiger charge is 2.27. The van der Waals surface area contributed by atoms with Crippen LogP contribution in [0.25, 0.3) is 0 Å². The molecule has 13 heavy (non-hydrogen) atoms. The van der Waals surface area contributed by atoms with Gasteiger partial charge in [-0.05, 0) is 6.92 Å². The van der Waals surface area contributed by atoms with Crippen LogP contribution in [0.4, 0.5) is 8.39 Å². The summed E-state index contributed by atoms with van der Waals surface area (Å²) < 4.78 is 58.5. The lowest BCUT2D eigenvalue weighted by Gasteiger charge is -2.01. The topological polar surface area (TPSA) is 72.5 Å². The first-order valence-corrected chi connectivity index (χ1v) is 5.74. The van der Waals surface area contributed by atoms with Crippen LogP contribution in [0.3, 0.4) is 0 Å². The largest absolute Gasteiger partial charge is 0.495 e. The molecule has 0 fully saturated rings. The molecule has 9 heteroatoms. The highest BCUT2D eigenvalue weighted by atomic mass is 32.2. The molecule has 0 aromatic heterocycles. The normalized spacial score (nSPS) is 11.9. The van der Waals surface area contributed by atoms with Crippen LogP contribution in [0.1, 0.15) is 6.92 Å². The smallest absolute Gasteiger partial charge is 0.245 e. The van der Waals surface area contributed by atoms with Crippen molar-refractivity contribution in [3.63, 3.8) is 0 Å². The van der Waals surface area contributed by atoms with Crippen LogP contribution in [0.5, 0.6) is 0 Å². The number of rotatable bonds is 4. The van der Waals surface area contributed by atoms with Gasteiger partial charge >= 0.3 is 18.2 Å². The molecule has 0 aliphatic heterocycles. The molecule has 0 saturated carbocycles. The summed E-state index contributed by atoms with van der Waals surface area (Å²) in [6, 6.07) is 0. The van der Waals surface area contributed by atoms with E-state index in [1.807, 2.05) is 0 Å². The van der Waals surface area contributed by atoms with Gasteiger partial charge in [0.25, 0.3) is 0 Å². The van der Waals surface area contributed by atoms with E-state index < -0.39 is 24.8 Å². The van der Waals surface area contributed by atoms with E-state index in [1.165, 1.54) is 6.92 Å². The molecule has 76 valence electrons. The van der Waals surface area contributed by atoms with Crippen molar-refractivity contribution in [2.75, 3.05) is 6.61 Å². The highest BCUT2D eigenvalue weighted by Crippen LogP contribution is 2.44. The van der Waals surface area contributed by atoms with E-state index in [-0.39, 0.29) is 0 Å². The van der Waals surface area contributed by atoms with Crippen LogP contribution >= 0.6 is 7.91 Å². The van der Waals surface area contributed by atoms with Crippen LogP contribution in [-0.2, 0) is 19.1 Å². The zero-order chi connectivity index (χ0) is 10.5. The van der Waals surface area contributed by atoms with Crippen LogP contribution in [-0.4, -0.2) is 15.0 Å². The number of hydrogen-bond acceptors (Lipinski definition) is 4. The average Bonchev–Trinajstić information content (AvgIpc) is 1.81. The predicted octanol–water partition coefficient (Wildman–Crippen LogP) is 0.908. The van der Waals surface area contributed by atoms with Crippen molar-refractivity contribution in [2.24, 2.45) is 0 Å². The Morgan fingerprint density at radius 3 is 2.46 bits per heavy atom. The third kappa shape index (κ3) is 7.87. The van der Waals surface area contributed by atoms with Crippen molar-refractivity contribution in [1.82, 2.24) is 4.49 Å². The molecule has 0 rings (SSSR count). The molecule has 0 spiro atoms. The Morgan fingerprint density at radius 2 is 2.08 bits per heavy atom. The van der Waals surface area contributed by atoms with E-state index in [0.717, 1.165) is 0 Å². The first-order valence-electron chi connectivity index (χ1n) is 2.84. The molecular weight excluding hydrogens is 227 g/mol. The second-order valence-corrected chi connectivity index (χ2v) is 4.50. The Morgan fingerprint density at radius 1 is 1.54 bits per heavy atom. The Balaban J connectivity index is 4.24. The van der Waals surface area contributed by atoms with E-state index >= 15 is 0 Å². The SMILES string of the molecule is CC#CCOS(=O)(=O)NP(=O)(F)F. The molecule has 0 amide bonds. The lowest BCUT2D eigenvalue weighted by molar-refractivity contribution is 0.357. The first-order chi connectivity index (χ1) is 5.77. The van der Waals surface area contributed by atoms with Gasteiger partial charge in [-0.25, -0.2) is 8.75 Å². The molecular formula is C4H6F2NO4PS. The Labute approximate surface area is 74.4 Å². The lowest BCUT2D eigenvalue weighted by Crippen LogP contribution is -2.20. The predicted molar refractivity (Wildman–Crippen MR) is 41.3 cm³/mol. The fraction of sp³-hybridized carbons (Fsp3) is 0.500. The molecule has 0 aromatic carbocycles. The van der Waals surface area contributed by atoms with Crippen molar-refractivity contribution in [3.8, 4) is 11.8 Å². The van der Waals surface area contributed by atoms with Crippen LogP contribution in [0, 0.1) is 11.8 Å². The standard InChI is InChI=1S/C4H6F2NO4PS/c1-2-3-4-11-13(9,10)7-12(5,6)8/h4H2,1H3,(H,7,8). The van der Waals surface area contributed by atoms with Crippen molar-refractivity contribution in [1.29, 1.82) is 0 Å². The third-order valence-corrected chi connectivity index (χ3v) is 2.85. The minimum atomic E-state index is -5.85. The lowest BCUT2D eigenvalue weighted by atomic mass is 10.6. The summed E-state index contributed by atoms with van der Waals surface area (Å²) in [6.07, 6.45) is 0. The molecule has 0 unspecified atom stereocenters. The van der Waals surface area contributed by atoms with E-state index in [4.69, 9.17) is 0 Å². The number of hydrogen-bond donors (Lipinski definition) is 1. The quantitative estimate of drug-likeness (QED) is 0.578. The van der Waals surface area contributed by atoms with Gasteiger partial charge < -0.3 is 0 Å². The van der Waals surface area contributed by atoms with Crippen LogP contribution in [0.2, 0.25) is 0 Å². The van der Waals surface area contributed by atoms with Gasteiger partial charge in [-0.1, -0.05) is 10.4 Å². The molecule has 5 nitrogen and oxygen atoms in total. The minimum Gasteiger partial charge on any atom is -0.245 e. The summed E-state index contributed by atoms with van der Waals surface area (Å²) in [5.41, 5.74) is 0. The van der Waals surface area contributed by atoms with Gasteiger partial charge in [0.15, 0.2) is 0 Å². The molecule has 0 aliphatic rings. The van der Waals surface area contributed by atoms with Gasteiger partial charge in [0.1, 0.15) is 6.61 Å². The van der Waals surface area contributed by atoms with E-state index in [2.05, 4.69) is 16.0 Å².